The smallest absolute Gasteiger partial charge is 0.105 e. The molecule has 1 fully saturated rings. The lowest BCUT2D eigenvalue weighted by molar-refractivity contribution is 0.373. The molecule has 2 rings (SSSR count). The minimum Gasteiger partial charge on any atom is -0.469 e. The second-order valence-corrected chi connectivity index (χ2v) is 6.37. The van der Waals surface area contributed by atoms with Crippen molar-refractivity contribution in [1.29, 1.82) is 0 Å². The number of likely N-dealkylation sites (N-methyl/N-ethyl adjacent to an activating group) is 1. The zero-order valence-electron chi connectivity index (χ0n) is 11.7. The van der Waals surface area contributed by atoms with E-state index in [1.54, 1.807) is 6.26 Å². The summed E-state index contributed by atoms with van der Waals surface area (Å²) in [6.45, 7) is 12.7. The van der Waals surface area contributed by atoms with Crippen LogP contribution in [0.15, 0.2) is 22.8 Å². The van der Waals surface area contributed by atoms with Crippen molar-refractivity contribution in [2.75, 3.05) is 6.54 Å². The van der Waals surface area contributed by atoms with Crippen LogP contribution in [-0.2, 0) is 6.42 Å². The maximum Gasteiger partial charge on any atom is 0.105 e. The van der Waals surface area contributed by atoms with Crippen molar-refractivity contribution >= 4 is 0 Å². The van der Waals surface area contributed by atoms with Gasteiger partial charge < -0.3 is 9.73 Å². The number of nitrogens with one attached hydrogen (secondary N) is 1. The number of furan rings is 1. The van der Waals surface area contributed by atoms with Crippen LogP contribution >= 0.6 is 0 Å². The molecule has 17 heavy (non-hydrogen) atoms. The first-order valence-corrected chi connectivity index (χ1v) is 6.67. The van der Waals surface area contributed by atoms with E-state index >= 15 is 0 Å². The van der Waals surface area contributed by atoms with Gasteiger partial charge in [0.25, 0.3) is 0 Å². The van der Waals surface area contributed by atoms with Gasteiger partial charge in [0.2, 0.25) is 0 Å². The van der Waals surface area contributed by atoms with Gasteiger partial charge in [-0.05, 0) is 35.4 Å². The van der Waals surface area contributed by atoms with Gasteiger partial charge in [-0.25, -0.2) is 0 Å². The molecule has 0 aromatic carbocycles. The molecular formula is C15H25NO. The van der Waals surface area contributed by atoms with Gasteiger partial charge in [-0.2, -0.15) is 0 Å². The minimum atomic E-state index is 0.423. The van der Waals surface area contributed by atoms with Crippen molar-refractivity contribution in [3.05, 3.63) is 24.2 Å². The molecule has 0 aliphatic heterocycles. The van der Waals surface area contributed by atoms with Gasteiger partial charge in [0.05, 0.1) is 6.26 Å². The van der Waals surface area contributed by atoms with Crippen LogP contribution < -0.4 is 5.32 Å². The molecule has 1 saturated carbocycles. The van der Waals surface area contributed by atoms with Crippen molar-refractivity contribution in [3.8, 4) is 0 Å². The molecule has 0 spiro atoms. The Labute approximate surface area is 105 Å². The fraction of sp³-hybridized carbons (Fsp3) is 0.733. The Balaban J connectivity index is 2.09. The summed E-state index contributed by atoms with van der Waals surface area (Å²) in [7, 11) is 0. The van der Waals surface area contributed by atoms with E-state index in [1.807, 2.05) is 6.07 Å². The van der Waals surface area contributed by atoms with E-state index in [0.717, 1.165) is 24.6 Å². The highest BCUT2D eigenvalue weighted by atomic mass is 16.3. The van der Waals surface area contributed by atoms with Gasteiger partial charge in [0.1, 0.15) is 5.76 Å². The van der Waals surface area contributed by atoms with Crippen LogP contribution in [0.4, 0.5) is 0 Å². The highest BCUT2D eigenvalue weighted by Gasteiger charge is 2.66. The van der Waals surface area contributed by atoms with Crippen LogP contribution in [0.25, 0.3) is 0 Å². The standard InChI is InChI=1S/C15H25NO/c1-6-16-12(10-11-8-7-9-17-11)13-14(2,3)15(13,4)5/h7-9,12-13,16H,6,10H2,1-5H3. The lowest BCUT2D eigenvalue weighted by atomic mass is 10.00. The normalized spacial score (nSPS) is 23.6. The van der Waals surface area contributed by atoms with Crippen LogP contribution in [0.5, 0.6) is 0 Å². The predicted molar refractivity (Wildman–Crippen MR) is 70.9 cm³/mol. The molecule has 0 saturated heterocycles. The van der Waals surface area contributed by atoms with E-state index in [1.165, 1.54) is 0 Å². The van der Waals surface area contributed by atoms with Gasteiger partial charge in [-0.15, -0.1) is 0 Å². The Morgan fingerprint density at radius 1 is 1.29 bits per heavy atom. The predicted octanol–water partition coefficient (Wildman–Crippen LogP) is 3.48. The van der Waals surface area contributed by atoms with Crippen LogP contribution in [0.2, 0.25) is 0 Å². The minimum absolute atomic E-state index is 0.423. The fourth-order valence-corrected chi connectivity index (χ4v) is 3.47. The summed E-state index contributed by atoms with van der Waals surface area (Å²) in [6.07, 6.45) is 2.76. The second-order valence-electron chi connectivity index (χ2n) is 6.37. The van der Waals surface area contributed by atoms with Crippen LogP contribution in [0.1, 0.15) is 40.4 Å². The second kappa shape index (κ2) is 4.16. The maximum absolute atomic E-state index is 5.48. The molecule has 2 heteroatoms. The van der Waals surface area contributed by atoms with Crippen molar-refractivity contribution in [3.63, 3.8) is 0 Å². The first kappa shape index (κ1) is 12.7. The molecule has 96 valence electrons. The van der Waals surface area contributed by atoms with Crippen molar-refractivity contribution < 1.29 is 4.42 Å². The number of hydrogen-bond acceptors (Lipinski definition) is 2. The highest BCUT2D eigenvalue weighted by Crippen LogP contribution is 2.69. The average molecular weight is 235 g/mol. The maximum atomic E-state index is 5.48. The highest BCUT2D eigenvalue weighted by molar-refractivity contribution is 5.18. The summed E-state index contributed by atoms with van der Waals surface area (Å²) in [5, 5.41) is 3.63. The summed E-state index contributed by atoms with van der Waals surface area (Å²) in [6, 6.07) is 4.57. The van der Waals surface area contributed by atoms with Crippen LogP contribution in [0.3, 0.4) is 0 Å². The Hall–Kier alpha value is -0.760. The molecule has 1 unspecified atom stereocenters. The quantitative estimate of drug-likeness (QED) is 0.845. The van der Waals surface area contributed by atoms with Crippen molar-refractivity contribution in [2.45, 2.75) is 47.1 Å². The molecule has 2 nitrogen and oxygen atoms in total. The molecule has 0 radical (unpaired) electrons. The van der Waals surface area contributed by atoms with E-state index in [0.29, 0.717) is 16.9 Å². The SMILES string of the molecule is CCNC(Cc1ccco1)C1C(C)(C)C1(C)C. The Morgan fingerprint density at radius 3 is 2.35 bits per heavy atom. The van der Waals surface area contributed by atoms with Gasteiger partial charge in [0, 0.05) is 12.5 Å². The summed E-state index contributed by atoms with van der Waals surface area (Å²) in [5.74, 6) is 1.81. The largest absolute Gasteiger partial charge is 0.469 e. The zero-order valence-corrected chi connectivity index (χ0v) is 11.7. The van der Waals surface area contributed by atoms with E-state index in [4.69, 9.17) is 4.42 Å². The molecular weight excluding hydrogens is 210 g/mol. The molecule has 1 aliphatic rings. The average Bonchev–Trinajstić information content (AvgIpc) is 2.59. The molecule has 1 atom stereocenters. The Bertz CT molecular complexity index is 350. The van der Waals surface area contributed by atoms with Crippen molar-refractivity contribution in [2.24, 2.45) is 16.7 Å². The summed E-state index contributed by atoms with van der Waals surface area (Å²) in [4.78, 5) is 0. The third-order valence-corrected chi connectivity index (χ3v) is 5.00. The van der Waals surface area contributed by atoms with Gasteiger partial charge in [0.15, 0.2) is 0 Å². The molecule has 1 aliphatic carbocycles. The monoisotopic (exact) mass is 235 g/mol. The first-order chi connectivity index (χ1) is 7.91. The van der Waals surface area contributed by atoms with Crippen molar-refractivity contribution in [1.82, 2.24) is 5.32 Å². The Kier molecular flexibility index (Phi) is 3.11. The van der Waals surface area contributed by atoms with Gasteiger partial charge in [-0.3, -0.25) is 0 Å². The number of rotatable bonds is 5. The summed E-state index contributed by atoms with van der Waals surface area (Å²) in [5.41, 5.74) is 0.846. The third kappa shape index (κ3) is 2.03. The van der Waals surface area contributed by atoms with E-state index < -0.39 is 0 Å². The molecule has 1 heterocycles. The Morgan fingerprint density at radius 2 is 1.94 bits per heavy atom. The number of hydrogen-bond donors (Lipinski definition) is 1. The topological polar surface area (TPSA) is 25.2 Å². The van der Waals surface area contributed by atoms with E-state index in [-0.39, 0.29) is 0 Å². The first-order valence-electron chi connectivity index (χ1n) is 6.67. The molecule has 0 bridgehead atoms. The third-order valence-electron chi connectivity index (χ3n) is 5.00. The van der Waals surface area contributed by atoms with E-state index in [2.05, 4.69) is 46.0 Å². The van der Waals surface area contributed by atoms with Crippen LogP contribution in [0, 0.1) is 16.7 Å². The fourth-order valence-electron chi connectivity index (χ4n) is 3.47. The summed E-state index contributed by atoms with van der Waals surface area (Å²) >= 11 is 0. The zero-order chi connectivity index (χ0) is 12.7. The summed E-state index contributed by atoms with van der Waals surface area (Å²) < 4.78 is 5.48. The lowest BCUT2D eigenvalue weighted by Crippen LogP contribution is -2.35. The van der Waals surface area contributed by atoms with Gasteiger partial charge >= 0.3 is 0 Å². The van der Waals surface area contributed by atoms with E-state index in [9.17, 15) is 0 Å². The lowest BCUT2D eigenvalue weighted by Gasteiger charge is -2.19. The van der Waals surface area contributed by atoms with Gasteiger partial charge in [-0.1, -0.05) is 34.6 Å². The molecule has 1 aromatic rings. The molecule has 0 amide bonds. The molecule has 1 aromatic heterocycles. The van der Waals surface area contributed by atoms with Crippen LogP contribution in [-0.4, -0.2) is 12.6 Å². The molecule has 1 N–H and O–H groups in total.